The number of carbonyl (C=O) groups is 3. The molecule has 0 aliphatic carbocycles. The van der Waals surface area contributed by atoms with E-state index < -0.39 is 6.10 Å². The first-order chi connectivity index (χ1) is 39.5. The van der Waals surface area contributed by atoms with Crippen LogP contribution in [-0.4, -0.2) is 37.2 Å². The lowest BCUT2D eigenvalue weighted by molar-refractivity contribution is -0.167. The molecule has 0 aromatic rings. The average Bonchev–Trinajstić information content (AvgIpc) is 3.46. The van der Waals surface area contributed by atoms with Crippen LogP contribution in [0.4, 0.5) is 0 Å². The van der Waals surface area contributed by atoms with E-state index in [1.165, 1.54) is 154 Å². The molecule has 0 aromatic carbocycles. The Balaban J connectivity index is 4.38. The number of carbonyl (C=O) groups excluding carboxylic acids is 3. The topological polar surface area (TPSA) is 78.9 Å². The summed E-state index contributed by atoms with van der Waals surface area (Å²) in [5, 5.41) is 0. The molecule has 0 bridgehead atoms. The maximum Gasteiger partial charge on any atom is 0.306 e. The highest BCUT2D eigenvalue weighted by atomic mass is 16.6. The van der Waals surface area contributed by atoms with Crippen molar-refractivity contribution in [2.45, 2.75) is 329 Å². The van der Waals surface area contributed by atoms with Gasteiger partial charge in [-0.1, -0.05) is 310 Å². The van der Waals surface area contributed by atoms with Gasteiger partial charge < -0.3 is 14.2 Å². The van der Waals surface area contributed by atoms with Gasteiger partial charge in [-0.05, 0) is 103 Å². The molecule has 0 aliphatic rings. The second-order valence-electron chi connectivity index (χ2n) is 22.3. The largest absolute Gasteiger partial charge is 0.462 e. The summed E-state index contributed by atoms with van der Waals surface area (Å²) in [5.74, 6) is -0.882. The summed E-state index contributed by atoms with van der Waals surface area (Å²) in [6.45, 7) is 6.44. The van der Waals surface area contributed by atoms with Gasteiger partial charge in [0.25, 0.3) is 0 Å². The molecule has 0 saturated heterocycles. The van der Waals surface area contributed by atoms with E-state index >= 15 is 0 Å². The maximum atomic E-state index is 13.0. The van der Waals surface area contributed by atoms with E-state index in [4.69, 9.17) is 14.2 Å². The summed E-state index contributed by atoms with van der Waals surface area (Å²) in [5.41, 5.74) is 0. The molecule has 458 valence electrons. The van der Waals surface area contributed by atoms with Crippen LogP contribution in [-0.2, 0) is 28.6 Å². The van der Waals surface area contributed by atoms with Gasteiger partial charge in [0.2, 0.25) is 0 Å². The monoisotopic (exact) mass is 1110 g/mol. The SMILES string of the molecule is CC/C=C\C/C=C\C/C=C\C/C=C\C/C=C\CCCCCCCCCCCC(=O)OCC(COC(=O)CCCCCCCCCCCCCCCCCC)OC(=O)CCCCCCCCCC/C=C\C/C=C\C/C=C\C/C=C\CC. The van der Waals surface area contributed by atoms with Crippen LogP contribution in [0.15, 0.2) is 109 Å². The third kappa shape index (κ3) is 64.9. The van der Waals surface area contributed by atoms with Crippen LogP contribution >= 0.6 is 0 Å². The number of allylic oxidation sites excluding steroid dienone is 18. The van der Waals surface area contributed by atoms with Gasteiger partial charge in [0, 0.05) is 19.3 Å². The molecule has 1 unspecified atom stereocenters. The van der Waals surface area contributed by atoms with Crippen LogP contribution in [0.1, 0.15) is 323 Å². The van der Waals surface area contributed by atoms with Crippen molar-refractivity contribution in [2.75, 3.05) is 13.2 Å². The Labute approximate surface area is 495 Å². The first-order valence-corrected chi connectivity index (χ1v) is 33.9. The highest BCUT2D eigenvalue weighted by Gasteiger charge is 2.19. The van der Waals surface area contributed by atoms with Crippen molar-refractivity contribution in [3.05, 3.63) is 109 Å². The van der Waals surface area contributed by atoms with E-state index in [2.05, 4.69) is 130 Å². The smallest absolute Gasteiger partial charge is 0.306 e. The minimum absolute atomic E-state index is 0.0810. The van der Waals surface area contributed by atoms with Crippen molar-refractivity contribution < 1.29 is 28.6 Å². The molecule has 6 heteroatoms. The minimum atomic E-state index is -0.787. The van der Waals surface area contributed by atoms with E-state index in [0.29, 0.717) is 19.3 Å². The molecular weight excluding hydrogens is 985 g/mol. The Morgan fingerprint density at radius 3 is 0.762 bits per heavy atom. The predicted molar refractivity (Wildman–Crippen MR) is 348 cm³/mol. The summed E-state index contributed by atoms with van der Waals surface area (Å²) in [4.78, 5) is 38.4. The van der Waals surface area contributed by atoms with Gasteiger partial charge in [0.1, 0.15) is 13.2 Å². The van der Waals surface area contributed by atoms with Crippen molar-refractivity contribution in [1.29, 1.82) is 0 Å². The van der Waals surface area contributed by atoms with Crippen molar-refractivity contribution >= 4 is 17.9 Å². The summed E-state index contributed by atoms with van der Waals surface area (Å²) in [6, 6.07) is 0. The van der Waals surface area contributed by atoms with Gasteiger partial charge in [0.15, 0.2) is 6.10 Å². The van der Waals surface area contributed by atoms with Crippen molar-refractivity contribution in [3.8, 4) is 0 Å². The Hall–Kier alpha value is -3.93. The van der Waals surface area contributed by atoms with E-state index in [-0.39, 0.29) is 31.1 Å². The summed E-state index contributed by atoms with van der Waals surface area (Å²) in [7, 11) is 0. The quantitative estimate of drug-likeness (QED) is 0.0261. The van der Waals surface area contributed by atoms with Gasteiger partial charge in [-0.15, -0.1) is 0 Å². The Morgan fingerprint density at radius 1 is 0.263 bits per heavy atom. The molecule has 80 heavy (non-hydrogen) atoms. The fourth-order valence-corrected chi connectivity index (χ4v) is 9.52. The molecule has 0 radical (unpaired) electrons. The van der Waals surface area contributed by atoms with Gasteiger partial charge in [-0.2, -0.15) is 0 Å². The molecular formula is C74H126O6. The molecule has 0 fully saturated rings. The lowest BCUT2D eigenvalue weighted by Gasteiger charge is -2.18. The van der Waals surface area contributed by atoms with Crippen LogP contribution in [0.2, 0.25) is 0 Å². The number of hydrogen-bond donors (Lipinski definition) is 0. The number of unbranched alkanes of at least 4 members (excludes halogenated alkanes) is 32. The summed E-state index contributed by atoms with van der Waals surface area (Å²) in [6.07, 6.45) is 92.4. The fourth-order valence-electron chi connectivity index (χ4n) is 9.52. The Kier molecular flexibility index (Phi) is 64.3. The minimum Gasteiger partial charge on any atom is -0.462 e. The van der Waals surface area contributed by atoms with E-state index in [9.17, 15) is 14.4 Å². The fraction of sp³-hybridized carbons (Fsp3) is 0.716. The molecule has 6 nitrogen and oxygen atoms in total. The first kappa shape index (κ1) is 76.1. The van der Waals surface area contributed by atoms with Crippen molar-refractivity contribution in [1.82, 2.24) is 0 Å². The molecule has 0 rings (SSSR count). The van der Waals surface area contributed by atoms with E-state index in [0.717, 1.165) is 128 Å². The molecule has 0 spiro atoms. The van der Waals surface area contributed by atoms with Crippen LogP contribution in [0.3, 0.4) is 0 Å². The standard InChI is InChI=1S/C74H126O6/c1-4-7-10-13-16-19-22-25-28-31-33-35-36-37-38-40-41-43-46-49-52-55-58-61-64-67-73(76)79-70-71(69-78-72(75)66-63-60-57-54-51-48-45-30-27-24-21-18-15-12-9-6-3)80-74(77)68-65-62-59-56-53-50-47-44-42-39-34-32-29-26-23-20-17-14-11-8-5-2/h7-8,10-11,16-17,19-20,25-26,28-29,33-35,37-39,71H,4-6,9,12-15,18,21-24,27,30-32,36,40-70H2,1-3H3/b10-7-,11-8-,19-16-,20-17-,28-25-,29-26-,35-33-,38-37-,39-34-. The highest BCUT2D eigenvalue weighted by Crippen LogP contribution is 2.17. The zero-order valence-electron chi connectivity index (χ0n) is 52.6. The van der Waals surface area contributed by atoms with Crippen LogP contribution in [0.5, 0.6) is 0 Å². The van der Waals surface area contributed by atoms with Crippen LogP contribution in [0.25, 0.3) is 0 Å². The lowest BCUT2D eigenvalue weighted by Crippen LogP contribution is -2.30. The van der Waals surface area contributed by atoms with E-state index in [1.54, 1.807) is 0 Å². The number of esters is 3. The van der Waals surface area contributed by atoms with Gasteiger partial charge in [-0.3, -0.25) is 14.4 Å². The van der Waals surface area contributed by atoms with Gasteiger partial charge in [0.05, 0.1) is 0 Å². The zero-order chi connectivity index (χ0) is 57.8. The molecule has 0 aliphatic heterocycles. The molecule has 0 heterocycles. The normalized spacial score (nSPS) is 12.8. The maximum absolute atomic E-state index is 13.0. The summed E-state index contributed by atoms with van der Waals surface area (Å²) < 4.78 is 17.0. The van der Waals surface area contributed by atoms with Crippen molar-refractivity contribution in [2.24, 2.45) is 0 Å². The predicted octanol–water partition coefficient (Wildman–Crippen LogP) is 23.4. The molecule has 0 N–H and O–H groups in total. The van der Waals surface area contributed by atoms with Gasteiger partial charge in [-0.25, -0.2) is 0 Å². The van der Waals surface area contributed by atoms with Crippen molar-refractivity contribution in [3.63, 3.8) is 0 Å². The Bertz CT molecular complexity index is 1610. The third-order valence-corrected chi connectivity index (χ3v) is 14.5. The van der Waals surface area contributed by atoms with Gasteiger partial charge >= 0.3 is 17.9 Å². The first-order valence-electron chi connectivity index (χ1n) is 33.9. The second kappa shape index (κ2) is 67.6. The molecule has 0 aromatic heterocycles. The highest BCUT2D eigenvalue weighted by molar-refractivity contribution is 5.71. The van der Waals surface area contributed by atoms with E-state index in [1.807, 2.05) is 0 Å². The Morgan fingerprint density at radius 2 is 0.487 bits per heavy atom. The summed E-state index contributed by atoms with van der Waals surface area (Å²) >= 11 is 0. The molecule has 0 amide bonds. The van der Waals surface area contributed by atoms with Crippen LogP contribution < -0.4 is 0 Å². The number of hydrogen-bond acceptors (Lipinski definition) is 6. The number of ether oxygens (including phenoxy) is 3. The lowest BCUT2D eigenvalue weighted by atomic mass is 10.0. The zero-order valence-corrected chi connectivity index (χ0v) is 52.6. The molecule has 1 atom stereocenters. The molecule has 0 saturated carbocycles. The third-order valence-electron chi connectivity index (χ3n) is 14.5. The average molecular weight is 1110 g/mol. The van der Waals surface area contributed by atoms with Crippen LogP contribution in [0, 0.1) is 0 Å². The second-order valence-corrected chi connectivity index (χ2v) is 22.3. The number of rotatable bonds is 61.